The van der Waals surface area contributed by atoms with Gasteiger partial charge in [0.25, 0.3) is 0 Å². The van der Waals surface area contributed by atoms with Gasteiger partial charge in [0.2, 0.25) is 0 Å². The zero-order chi connectivity index (χ0) is 21.8. The van der Waals surface area contributed by atoms with Crippen molar-refractivity contribution in [3.8, 4) is 0 Å². The van der Waals surface area contributed by atoms with E-state index in [0.717, 1.165) is 0 Å². The van der Waals surface area contributed by atoms with Crippen LogP contribution < -0.4 is 0 Å². The smallest absolute Gasteiger partial charge is 0.210 e. The Kier molecular flexibility index (Phi) is 12.7. The summed E-state index contributed by atoms with van der Waals surface area (Å²) in [5.41, 5.74) is 9.37. The minimum Gasteiger partial charge on any atom is -0.210 e. The largest absolute Gasteiger partial charge is 2.00 e. The van der Waals surface area contributed by atoms with E-state index in [-0.39, 0.29) is 37.7 Å². The van der Waals surface area contributed by atoms with E-state index < -0.39 is 0 Å². The first-order chi connectivity index (χ1) is 12.9. The average molecular weight is 423 g/mol. The summed E-state index contributed by atoms with van der Waals surface area (Å²) in [5.74, 6) is 3.92. The van der Waals surface area contributed by atoms with Crippen LogP contribution in [0.15, 0.2) is 24.3 Å². The van der Waals surface area contributed by atoms with Crippen LogP contribution in [0.5, 0.6) is 0 Å². The second-order valence-electron chi connectivity index (χ2n) is 10.2. The molecule has 2 rings (SSSR count). The van der Waals surface area contributed by atoms with Crippen molar-refractivity contribution in [1.82, 2.24) is 0 Å². The molecule has 29 heavy (non-hydrogen) atoms. The Labute approximate surface area is 212 Å². The Morgan fingerprint density at radius 2 is 0.759 bits per heavy atom. The van der Waals surface area contributed by atoms with Gasteiger partial charge in [0.05, 0.1) is 0 Å². The maximum absolute atomic E-state index is 2.31. The molecular weight excluding hydrogens is 376 g/mol. The standard InChI is InChI=1S/2C14H23.Ca/c2*1-9(2)12-7-8-13(10(3)4)14(12)11(5)6;/h2*7-11H,1-6H3;/q2*-1;+2. The molecule has 0 aliphatic carbocycles. The zero-order valence-electron chi connectivity index (χ0n) is 21.5. The summed E-state index contributed by atoms with van der Waals surface area (Å²) in [7, 11) is 0. The molecular formula is C28H46Ca. The predicted octanol–water partition coefficient (Wildman–Crippen LogP) is 9.17. The van der Waals surface area contributed by atoms with Gasteiger partial charge in [-0.1, -0.05) is 107 Å². The number of rotatable bonds is 6. The van der Waals surface area contributed by atoms with Gasteiger partial charge in [0.15, 0.2) is 0 Å². The summed E-state index contributed by atoms with van der Waals surface area (Å²) in [5, 5.41) is 0. The van der Waals surface area contributed by atoms with E-state index in [1.807, 2.05) is 0 Å². The van der Waals surface area contributed by atoms with Crippen LogP contribution in [0.2, 0.25) is 0 Å². The fraction of sp³-hybridized carbons (Fsp3) is 0.643. The van der Waals surface area contributed by atoms with E-state index in [9.17, 15) is 0 Å². The second-order valence-corrected chi connectivity index (χ2v) is 10.2. The van der Waals surface area contributed by atoms with E-state index in [4.69, 9.17) is 0 Å². The molecule has 0 unspecified atom stereocenters. The van der Waals surface area contributed by atoms with Crippen molar-refractivity contribution >= 4 is 37.7 Å². The molecule has 0 amide bonds. The van der Waals surface area contributed by atoms with Gasteiger partial charge >= 0.3 is 37.7 Å². The third kappa shape index (κ3) is 7.55. The molecule has 0 saturated heterocycles. The van der Waals surface area contributed by atoms with E-state index in [0.29, 0.717) is 35.5 Å². The van der Waals surface area contributed by atoms with Crippen molar-refractivity contribution < 1.29 is 0 Å². The fourth-order valence-electron chi connectivity index (χ4n) is 4.40. The summed E-state index contributed by atoms with van der Waals surface area (Å²) in [6.07, 6.45) is 0. The van der Waals surface area contributed by atoms with Crippen LogP contribution in [-0.4, -0.2) is 37.7 Å². The average Bonchev–Trinajstić information content (AvgIpc) is 3.20. The van der Waals surface area contributed by atoms with Crippen LogP contribution in [-0.2, 0) is 0 Å². The Morgan fingerprint density at radius 1 is 0.483 bits per heavy atom. The number of hydrogen-bond acceptors (Lipinski definition) is 0. The molecule has 2 aromatic carbocycles. The topological polar surface area (TPSA) is 0 Å². The van der Waals surface area contributed by atoms with Crippen LogP contribution in [0, 0.1) is 0 Å². The molecule has 0 nitrogen and oxygen atoms in total. The maximum atomic E-state index is 2.31. The van der Waals surface area contributed by atoms with Crippen LogP contribution in [0.25, 0.3) is 0 Å². The Balaban J connectivity index is 0.000000523. The first-order valence-electron chi connectivity index (χ1n) is 11.5. The van der Waals surface area contributed by atoms with Gasteiger partial charge in [-0.3, -0.25) is 0 Å². The molecule has 0 spiro atoms. The van der Waals surface area contributed by atoms with E-state index >= 15 is 0 Å². The molecule has 0 aliphatic heterocycles. The molecule has 0 radical (unpaired) electrons. The normalized spacial score (nSPS) is 11.7. The minimum atomic E-state index is 0. The summed E-state index contributed by atoms with van der Waals surface area (Å²) < 4.78 is 0. The second kappa shape index (κ2) is 12.7. The molecule has 2 aromatic rings. The zero-order valence-corrected chi connectivity index (χ0v) is 23.7. The van der Waals surface area contributed by atoms with Gasteiger partial charge in [0, 0.05) is 0 Å². The molecule has 0 heterocycles. The summed E-state index contributed by atoms with van der Waals surface area (Å²) in [6, 6.07) is 9.26. The Morgan fingerprint density at radius 3 is 0.931 bits per heavy atom. The quantitative estimate of drug-likeness (QED) is 0.321. The molecule has 0 fully saturated rings. The van der Waals surface area contributed by atoms with Crippen molar-refractivity contribution in [2.24, 2.45) is 0 Å². The Bertz CT molecular complexity index is 591. The Hall–Kier alpha value is -0.0403. The van der Waals surface area contributed by atoms with Gasteiger partial charge in [-0.25, -0.2) is 12.1 Å². The third-order valence-electron chi connectivity index (χ3n) is 5.77. The maximum Gasteiger partial charge on any atom is 2.00 e. The molecule has 0 N–H and O–H groups in total. The molecule has 0 aromatic heterocycles. The summed E-state index contributed by atoms with van der Waals surface area (Å²) in [6.45, 7) is 27.5. The summed E-state index contributed by atoms with van der Waals surface area (Å²) in [4.78, 5) is 0. The van der Waals surface area contributed by atoms with Crippen molar-refractivity contribution in [1.29, 1.82) is 0 Å². The van der Waals surface area contributed by atoms with E-state index in [1.165, 1.54) is 0 Å². The monoisotopic (exact) mass is 422 g/mol. The SMILES string of the molecule is CC(C)c1cc[c-](C(C)C)c1C(C)C.CC(C)c1cc[c-](C(C)C)c1C(C)C.[Ca+2]. The van der Waals surface area contributed by atoms with E-state index in [2.05, 4.69) is 107 Å². The van der Waals surface area contributed by atoms with Gasteiger partial charge in [-0.2, -0.15) is 45.5 Å². The minimum absolute atomic E-state index is 0. The van der Waals surface area contributed by atoms with Gasteiger partial charge in [-0.15, -0.1) is 0 Å². The molecule has 0 atom stereocenters. The molecule has 1 heteroatoms. The van der Waals surface area contributed by atoms with E-state index in [1.54, 1.807) is 33.4 Å². The third-order valence-corrected chi connectivity index (χ3v) is 5.77. The molecule has 0 saturated carbocycles. The molecule has 0 bridgehead atoms. The van der Waals surface area contributed by atoms with Gasteiger partial charge in [0.1, 0.15) is 0 Å². The van der Waals surface area contributed by atoms with Crippen LogP contribution >= 0.6 is 0 Å². The van der Waals surface area contributed by atoms with Crippen LogP contribution in [0.3, 0.4) is 0 Å². The van der Waals surface area contributed by atoms with Crippen molar-refractivity contribution in [3.63, 3.8) is 0 Å². The molecule has 160 valence electrons. The first kappa shape index (κ1) is 29.0. The fourth-order valence-corrected chi connectivity index (χ4v) is 4.40. The first-order valence-corrected chi connectivity index (χ1v) is 11.5. The van der Waals surface area contributed by atoms with Crippen molar-refractivity contribution in [2.75, 3.05) is 0 Å². The predicted molar refractivity (Wildman–Crippen MR) is 134 cm³/mol. The van der Waals surface area contributed by atoms with Crippen LogP contribution in [0.4, 0.5) is 0 Å². The van der Waals surface area contributed by atoms with Crippen molar-refractivity contribution in [2.45, 2.75) is 119 Å². The number of hydrogen-bond donors (Lipinski definition) is 0. The van der Waals surface area contributed by atoms with Crippen molar-refractivity contribution in [3.05, 3.63) is 57.6 Å². The van der Waals surface area contributed by atoms with Crippen LogP contribution in [0.1, 0.15) is 152 Å². The van der Waals surface area contributed by atoms with Gasteiger partial charge in [-0.05, 0) is 11.8 Å². The summed E-state index contributed by atoms with van der Waals surface area (Å²) >= 11 is 0. The molecule has 0 aliphatic rings. The van der Waals surface area contributed by atoms with Gasteiger partial charge < -0.3 is 0 Å².